The van der Waals surface area contributed by atoms with Crippen LogP contribution < -0.4 is 4.90 Å². The van der Waals surface area contributed by atoms with Crippen LogP contribution in [0.15, 0.2) is 85.2 Å². The number of benzene rings is 3. The van der Waals surface area contributed by atoms with Crippen LogP contribution in [-0.2, 0) is 4.79 Å². The van der Waals surface area contributed by atoms with E-state index in [1.54, 1.807) is 0 Å². The first-order chi connectivity index (χ1) is 17.8. The van der Waals surface area contributed by atoms with Crippen molar-refractivity contribution < 1.29 is 4.79 Å². The molecule has 184 valence electrons. The van der Waals surface area contributed by atoms with Crippen LogP contribution in [0.2, 0.25) is 0 Å². The molecule has 3 heterocycles. The lowest BCUT2D eigenvalue weighted by molar-refractivity contribution is -0.131. The number of likely N-dealkylation sites (tertiary alicyclic amines) is 1. The second-order valence-electron chi connectivity index (χ2n) is 9.90. The van der Waals surface area contributed by atoms with Crippen molar-refractivity contribution >= 4 is 22.6 Å². The molecule has 6 nitrogen and oxygen atoms in total. The minimum absolute atomic E-state index is 0.0566. The van der Waals surface area contributed by atoms with Gasteiger partial charge in [-0.05, 0) is 42.2 Å². The summed E-state index contributed by atoms with van der Waals surface area (Å²) in [6, 6.07) is 28.0. The van der Waals surface area contributed by atoms with Crippen molar-refractivity contribution in [3.8, 4) is 0 Å². The van der Waals surface area contributed by atoms with Crippen molar-refractivity contribution in [3.63, 3.8) is 0 Å². The SMILES string of the molecule is O=C(CN1CCN(c2ccc3ncn(C(c4ccccc4)c4ccccc4)c3c2)CC1)N1CCCC1. The van der Waals surface area contributed by atoms with Gasteiger partial charge in [0.1, 0.15) is 0 Å². The van der Waals surface area contributed by atoms with E-state index in [1.165, 1.54) is 16.8 Å². The normalized spacial score (nSPS) is 16.8. The molecule has 4 aromatic rings. The van der Waals surface area contributed by atoms with Gasteiger partial charge in [-0.3, -0.25) is 9.69 Å². The third-order valence-electron chi connectivity index (χ3n) is 7.62. The van der Waals surface area contributed by atoms with Gasteiger partial charge >= 0.3 is 0 Å². The molecule has 6 rings (SSSR count). The molecule has 1 aromatic heterocycles. The van der Waals surface area contributed by atoms with Crippen LogP contribution in [0.4, 0.5) is 5.69 Å². The number of piperazine rings is 1. The summed E-state index contributed by atoms with van der Waals surface area (Å²) in [4.78, 5) is 24.1. The molecule has 0 bridgehead atoms. The van der Waals surface area contributed by atoms with Gasteiger partial charge in [-0.2, -0.15) is 0 Å². The van der Waals surface area contributed by atoms with Gasteiger partial charge in [0.2, 0.25) is 5.91 Å². The first-order valence-corrected chi connectivity index (χ1v) is 13.1. The smallest absolute Gasteiger partial charge is 0.236 e. The number of rotatable bonds is 6. The fraction of sp³-hybridized carbons (Fsp3) is 0.333. The summed E-state index contributed by atoms with van der Waals surface area (Å²) in [5.74, 6) is 0.291. The fourth-order valence-corrected chi connectivity index (χ4v) is 5.62. The Kier molecular flexibility index (Phi) is 6.43. The molecule has 3 aromatic carbocycles. The van der Waals surface area contributed by atoms with Crippen LogP contribution in [0.25, 0.3) is 11.0 Å². The minimum atomic E-state index is 0.0566. The van der Waals surface area contributed by atoms with Crippen molar-refractivity contribution in [1.82, 2.24) is 19.4 Å². The second-order valence-corrected chi connectivity index (χ2v) is 9.90. The Bertz CT molecular complexity index is 1270. The number of imidazole rings is 1. The molecular weight excluding hydrogens is 446 g/mol. The average Bonchev–Trinajstić information content (AvgIpc) is 3.62. The van der Waals surface area contributed by atoms with Crippen molar-refractivity contribution in [3.05, 3.63) is 96.3 Å². The van der Waals surface area contributed by atoms with E-state index in [4.69, 9.17) is 4.98 Å². The Balaban J connectivity index is 1.24. The fourth-order valence-electron chi connectivity index (χ4n) is 5.62. The molecule has 6 heteroatoms. The van der Waals surface area contributed by atoms with Crippen LogP contribution in [0, 0.1) is 0 Å². The van der Waals surface area contributed by atoms with E-state index in [0.29, 0.717) is 12.5 Å². The lowest BCUT2D eigenvalue weighted by Gasteiger charge is -2.36. The highest BCUT2D eigenvalue weighted by molar-refractivity contribution is 5.81. The van der Waals surface area contributed by atoms with E-state index in [-0.39, 0.29) is 6.04 Å². The molecular formula is C30H33N5O. The number of carbonyl (C=O) groups is 1. The number of hydrogen-bond acceptors (Lipinski definition) is 4. The summed E-state index contributed by atoms with van der Waals surface area (Å²) in [6.45, 7) is 6.08. The number of aromatic nitrogens is 2. The van der Waals surface area contributed by atoms with Gasteiger partial charge in [0.05, 0.1) is 29.9 Å². The second kappa shape index (κ2) is 10.2. The van der Waals surface area contributed by atoms with E-state index in [9.17, 15) is 4.79 Å². The topological polar surface area (TPSA) is 44.6 Å². The van der Waals surface area contributed by atoms with Crippen LogP contribution in [0.5, 0.6) is 0 Å². The Labute approximate surface area is 212 Å². The van der Waals surface area contributed by atoms with Crippen LogP contribution in [-0.4, -0.2) is 71.1 Å². The molecule has 2 saturated heterocycles. The van der Waals surface area contributed by atoms with Crippen LogP contribution in [0.3, 0.4) is 0 Å². The molecule has 0 spiro atoms. The van der Waals surface area contributed by atoms with E-state index in [1.807, 2.05) is 11.2 Å². The van der Waals surface area contributed by atoms with Gasteiger partial charge in [0.25, 0.3) is 0 Å². The Morgan fingerprint density at radius 3 is 2.06 bits per heavy atom. The van der Waals surface area contributed by atoms with Gasteiger partial charge < -0.3 is 14.4 Å². The van der Waals surface area contributed by atoms with Crippen molar-refractivity contribution in [2.24, 2.45) is 0 Å². The molecule has 36 heavy (non-hydrogen) atoms. The largest absolute Gasteiger partial charge is 0.369 e. The van der Waals surface area contributed by atoms with Crippen LogP contribution in [0.1, 0.15) is 30.0 Å². The highest BCUT2D eigenvalue weighted by Gasteiger charge is 2.24. The summed E-state index contributed by atoms with van der Waals surface area (Å²) >= 11 is 0. The molecule has 0 radical (unpaired) electrons. The maximum absolute atomic E-state index is 12.6. The Morgan fingerprint density at radius 2 is 1.42 bits per heavy atom. The van der Waals surface area contributed by atoms with Gasteiger partial charge in [0, 0.05) is 45.0 Å². The molecule has 0 saturated carbocycles. The van der Waals surface area contributed by atoms with Gasteiger partial charge in [-0.1, -0.05) is 60.7 Å². The Morgan fingerprint density at radius 1 is 0.778 bits per heavy atom. The molecule has 1 amide bonds. The zero-order valence-electron chi connectivity index (χ0n) is 20.7. The van der Waals surface area contributed by atoms with E-state index in [0.717, 1.165) is 63.1 Å². The maximum Gasteiger partial charge on any atom is 0.236 e. The van der Waals surface area contributed by atoms with E-state index in [2.05, 4.69) is 93.2 Å². The van der Waals surface area contributed by atoms with Crippen molar-refractivity contribution in [1.29, 1.82) is 0 Å². The third-order valence-corrected chi connectivity index (χ3v) is 7.62. The van der Waals surface area contributed by atoms with Gasteiger partial charge in [-0.25, -0.2) is 4.98 Å². The van der Waals surface area contributed by atoms with E-state index < -0.39 is 0 Å². The van der Waals surface area contributed by atoms with E-state index >= 15 is 0 Å². The lowest BCUT2D eigenvalue weighted by atomic mass is 9.98. The summed E-state index contributed by atoms with van der Waals surface area (Å²) in [7, 11) is 0. The third kappa shape index (κ3) is 4.61. The monoisotopic (exact) mass is 479 g/mol. The zero-order valence-corrected chi connectivity index (χ0v) is 20.7. The molecule has 2 fully saturated rings. The summed E-state index contributed by atoms with van der Waals surface area (Å²) in [5.41, 5.74) is 5.84. The van der Waals surface area contributed by atoms with Crippen molar-refractivity contribution in [2.45, 2.75) is 18.9 Å². The molecule has 0 atom stereocenters. The zero-order chi connectivity index (χ0) is 24.3. The molecule has 0 unspecified atom stereocenters. The number of fused-ring (bicyclic) bond motifs is 1. The summed E-state index contributed by atoms with van der Waals surface area (Å²) in [5, 5.41) is 0. The molecule has 2 aliphatic heterocycles. The predicted molar refractivity (Wildman–Crippen MR) is 144 cm³/mol. The number of anilines is 1. The molecule has 2 aliphatic rings. The van der Waals surface area contributed by atoms with Crippen molar-refractivity contribution in [2.75, 3.05) is 50.7 Å². The minimum Gasteiger partial charge on any atom is -0.369 e. The number of hydrogen-bond donors (Lipinski definition) is 0. The number of carbonyl (C=O) groups excluding carboxylic acids is 1. The lowest BCUT2D eigenvalue weighted by Crippen LogP contribution is -2.49. The highest BCUT2D eigenvalue weighted by atomic mass is 16.2. The standard InChI is InChI=1S/C30H33N5O/c36-29(34-15-7-8-16-34)22-32-17-19-33(20-18-32)26-13-14-27-28(21-26)35(23-31-27)30(24-9-3-1-4-10-24)25-11-5-2-6-12-25/h1-6,9-14,21,23,30H,7-8,15-20,22H2. The quantitative estimate of drug-likeness (QED) is 0.411. The number of amides is 1. The van der Waals surface area contributed by atoms with Gasteiger partial charge in [0.15, 0.2) is 0 Å². The molecule has 0 aliphatic carbocycles. The maximum atomic E-state index is 12.6. The summed E-state index contributed by atoms with van der Waals surface area (Å²) in [6.07, 6.45) is 4.27. The predicted octanol–water partition coefficient (Wildman–Crippen LogP) is 4.42. The first-order valence-electron chi connectivity index (χ1n) is 13.1. The number of nitrogens with zero attached hydrogens (tertiary/aromatic N) is 5. The molecule has 0 N–H and O–H groups in total. The average molecular weight is 480 g/mol. The highest BCUT2D eigenvalue weighted by Crippen LogP contribution is 2.32. The van der Waals surface area contributed by atoms with Crippen LogP contribution >= 0.6 is 0 Å². The Hall–Kier alpha value is -3.64. The van der Waals surface area contributed by atoms with Gasteiger partial charge in [-0.15, -0.1) is 0 Å². The first kappa shape index (κ1) is 22.8. The summed E-state index contributed by atoms with van der Waals surface area (Å²) < 4.78 is 2.30.